The molecule has 0 spiro atoms. The van der Waals surface area contributed by atoms with Crippen LogP contribution in [0.4, 0.5) is 5.69 Å². The summed E-state index contributed by atoms with van der Waals surface area (Å²) >= 11 is 1.33. The van der Waals surface area contributed by atoms with E-state index in [1.54, 1.807) is 4.57 Å². The Labute approximate surface area is 145 Å². The maximum atomic E-state index is 13.0. The second-order valence-corrected chi connectivity index (χ2v) is 7.42. The first-order valence-electron chi connectivity index (χ1n) is 8.25. The zero-order valence-electron chi connectivity index (χ0n) is 14.2. The number of carbonyl (C=O) groups excluding carboxylic acids is 1. The fraction of sp³-hybridized carbons (Fsp3) is 0.471. The normalized spacial score (nSPS) is 17.8. The summed E-state index contributed by atoms with van der Waals surface area (Å²) in [5.41, 5.74) is 1.98. The van der Waals surface area contributed by atoms with Crippen molar-refractivity contribution in [1.29, 1.82) is 0 Å². The van der Waals surface area contributed by atoms with E-state index in [-0.39, 0.29) is 22.9 Å². The molecule has 1 amide bonds. The lowest BCUT2D eigenvalue weighted by Crippen LogP contribution is -2.40. The standard InChI is InChI=1S/C17H22N4O2S/c1-4-9-20-16(23)18-19-17(20)24-12(3)15(22)21-11(2)10-13-7-5-6-8-14(13)21/h5-8,11-12H,4,9-10H2,1-3H3,(H,18,23)/t11-,12-/m1/s1. The summed E-state index contributed by atoms with van der Waals surface area (Å²) in [6.45, 7) is 6.54. The van der Waals surface area contributed by atoms with Gasteiger partial charge in [-0.3, -0.25) is 9.36 Å². The molecule has 2 heterocycles. The van der Waals surface area contributed by atoms with Crippen LogP contribution in [0, 0.1) is 0 Å². The molecule has 1 aromatic heterocycles. The highest BCUT2D eigenvalue weighted by atomic mass is 32.2. The van der Waals surface area contributed by atoms with Crippen molar-refractivity contribution in [3.05, 3.63) is 40.3 Å². The molecule has 2 atom stereocenters. The molecule has 0 saturated heterocycles. The lowest BCUT2D eigenvalue weighted by Gasteiger charge is -2.25. The van der Waals surface area contributed by atoms with E-state index in [9.17, 15) is 9.59 Å². The number of hydrogen-bond acceptors (Lipinski definition) is 4. The number of anilines is 1. The predicted octanol–water partition coefficient (Wildman–Crippen LogP) is 2.44. The van der Waals surface area contributed by atoms with Crippen molar-refractivity contribution in [1.82, 2.24) is 14.8 Å². The summed E-state index contributed by atoms with van der Waals surface area (Å²) in [4.78, 5) is 26.6. The zero-order valence-corrected chi connectivity index (χ0v) is 15.0. The molecular weight excluding hydrogens is 324 g/mol. The summed E-state index contributed by atoms with van der Waals surface area (Å²) in [5, 5.41) is 6.79. The summed E-state index contributed by atoms with van der Waals surface area (Å²) in [6.07, 6.45) is 1.72. The lowest BCUT2D eigenvalue weighted by molar-refractivity contribution is -0.118. The predicted molar refractivity (Wildman–Crippen MR) is 95.6 cm³/mol. The highest BCUT2D eigenvalue weighted by molar-refractivity contribution is 8.00. The van der Waals surface area contributed by atoms with Gasteiger partial charge >= 0.3 is 5.69 Å². The molecule has 0 radical (unpaired) electrons. The van der Waals surface area contributed by atoms with Gasteiger partial charge in [0.25, 0.3) is 0 Å². The van der Waals surface area contributed by atoms with Gasteiger partial charge < -0.3 is 4.90 Å². The second kappa shape index (κ2) is 6.84. The summed E-state index contributed by atoms with van der Waals surface area (Å²) in [6, 6.07) is 8.18. The van der Waals surface area contributed by atoms with Crippen LogP contribution in [0.1, 0.15) is 32.8 Å². The third-order valence-corrected chi connectivity index (χ3v) is 5.32. The van der Waals surface area contributed by atoms with Gasteiger partial charge in [0, 0.05) is 18.3 Å². The Kier molecular flexibility index (Phi) is 4.80. The minimum Gasteiger partial charge on any atom is -0.308 e. The van der Waals surface area contributed by atoms with Crippen LogP contribution in [0.15, 0.2) is 34.2 Å². The molecule has 6 nitrogen and oxygen atoms in total. The van der Waals surface area contributed by atoms with Crippen molar-refractivity contribution in [2.45, 2.75) is 56.6 Å². The van der Waals surface area contributed by atoms with Crippen LogP contribution in [-0.2, 0) is 17.8 Å². The zero-order chi connectivity index (χ0) is 17.3. The van der Waals surface area contributed by atoms with Crippen LogP contribution in [0.25, 0.3) is 0 Å². The molecule has 1 aromatic carbocycles. The van der Waals surface area contributed by atoms with Crippen molar-refractivity contribution < 1.29 is 4.79 Å². The Balaban J connectivity index is 1.80. The number of rotatable bonds is 5. The van der Waals surface area contributed by atoms with Crippen molar-refractivity contribution in [2.75, 3.05) is 4.90 Å². The van der Waals surface area contributed by atoms with Gasteiger partial charge in [0.15, 0.2) is 5.16 Å². The molecule has 0 aliphatic carbocycles. The van der Waals surface area contributed by atoms with Crippen molar-refractivity contribution >= 4 is 23.4 Å². The lowest BCUT2D eigenvalue weighted by atomic mass is 10.1. The van der Waals surface area contributed by atoms with Gasteiger partial charge in [-0.25, -0.2) is 9.89 Å². The second-order valence-electron chi connectivity index (χ2n) is 6.11. The van der Waals surface area contributed by atoms with E-state index < -0.39 is 0 Å². The maximum absolute atomic E-state index is 13.0. The number of nitrogens with zero attached hydrogens (tertiary/aromatic N) is 3. The molecular formula is C17H22N4O2S. The van der Waals surface area contributed by atoms with Crippen LogP contribution < -0.4 is 10.6 Å². The van der Waals surface area contributed by atoms with Gasteiger partial charge in [0.1, 0.15) is 0 Å². The Morgan fingerprint density at radius 2 is 2.21 bits per heavy atom. The minimum absolute atomic E-state index is 0.0518. The smallest absolute Gasteiger partial charge is 0.308 e. The summed E-state index contributed by atoms with van der Waals surface area (Å²) < 4.78 is 1.59. The van der Waals surface area contributed by atoms with Gasteiger partial charge in [-0.05, 0) is 38.3 Å². The van der Waals surface area contributed by atoms with E-state index >= 15 is 0 Å². The number of thioether (sulfide) groups is 1. The first-order valence-corrected chi connectivity index (χ1v) is 9.13. The topological polar surface area (TPSA) is 71.0 Å². The average Bonchev–Trinajstić information content (AvgIpc) is 3.07. The van der Waals surface area contributed by atoms with Crippen LogP contribution in [-0.4, -0.2) is 32.0 Å². The van der Waals surface area contributed by atoms with Crippen molar-refractivity contribution in [3.8, 4) is 0 Å². The van der Waals surface area contributed by atoms with Gasteiger partial charge in [0.2, 0.25) is 5.91 Å². The Morgan fingerprint density at radius 1 is 1.46 bits per heavy atom. The summed E-state index contributed by atoms with van der Waals surface area (Å²) in [7, 11) is 0. The largest absolute Gasteiger partial charge is 0.343 e. The number of benzene rings is 1. The van der Waals surface area contributed by atoms with E-state index in [0.29, 0.717) is 11.7 Å². The van der Waals surface area contributed by atoms with E-state index in [2.05, 4.69) is 23.2 Å². The van der Waals surface area contributed by atoms with Crippen LogP contribution in [0.2, 0.25) is 0 Å². The number of hydrogen-bond donors (Lipinski definition) is 1. The molecule has 1 aliphatic rings. The molecule has 2 aromatic rings. The number of aromatic amines is 1. The first-order chi connectivity index (χ1) is 11.5. The first kappa shape index (κ1) is 16.8. The molecule has 128 valence electrons. The molecule has 0 unspecified atom stereocenters. The maximum Gasteiger partial charge on any atom is 0.343 e. The van der Waals surface area contributed by atoms with Crippen molar-refractivity contribution in [2.24, 2.45) is 0 Å². The quantitative estimate of drug-likeness (QED) is 0.844. The number of fused-ring (bicyclic) bond motifs is 1. The number of nitrogens with one attached hydrogen (secondary N) is 1. The fourth-order valence-electron chi connectivity index (χ4n) is 3.12. The highest BCUT2D eigenvalue weighted by Crippen LogP contribution is 2.34. The van der Waals surface area contributed by atoms with Gasteiger partial charge in [0.05, 0.1) is 5.25 Å². The average molecular weight is 346 g/mol. The van der Waals surface area contributed by atoms with E-state index in [1.807, 2.05) is 36.9 Å². The molecule has 0 saturated carbocycles. The van der Waals surface area contributed by atoms with Crippen LogP contribution in [0.5, 0.6) is 0 Å². The van der Waals surface area contributed by atoms with E-state index in [1.165, 1.54) is 17.3 Å². The van der Waals surface area contributed by atoms with Gasteiger partial charge in [-0.2, -0.15) is 0 Å². The monoisotopic (exact) mass is 346 g/mol. The number of amides is 1. The molecule has 0 fully saturated rings. The molecule has 24 heavy (non-hydrogen) atoms. The van der Waals surface area contributed by atoms with E-state index in [0.717, 1.165) is 18.5 Å². The van der Waals surface area contributed by atoms with Crippen molar-refractivity contribution in [3.63, 3.8) is 0 Å². The van der Waals surface area contributed by atoms with E-state index in [4.69, 9.17) is 0 Å². The number of aromatic nitrogens is 3. The van der Waals surface area contributed by atoms with Crippen LogP contribution in [0.3, 0.4) is 0 Å². The molecule has 7 heteroatoms. The highest BCUT2D eigenvalue weighted by Gasteiger charge is 2.33. The van der Waals surface area contributed by atoms with Gasteiger partial charge in [-0.1, -0.05) is 36.9 Å². The van der Waals surface area contributed by atoms with Gasteiger partial charge in [-0.15, -0.1) is 5.10 Å². The number of para-hydroxylation sites is 1. The molecule has 1 aliphatic heterocycles. The SMILES string of the molecule is CCCn1c(S[C@H](C)C(=O)N2c3ccccc3C[C@H]2C)n[nH]c1=O. The number of carbonyl (C=O) groups is 1. The molecule has 0 bridgehead atoms. The Morgan fingerprint density at radius 3 is 2.96 bits per heavy atom. The van der Waals surface area contributed by atoms with Crippen LogP contribution >= 0.6 is 11.8 Å². The fourth-order valence-corrected chi connectivity index (χ4v) is 4.05. The third-order valence-electron chi connectivity index (χ3n) is 4.25. The molecule has 1 N–H and O–H groups in total. The third kappa shape index (κ3) is 3.00. The Hall–Kier alpha value is -2.02. The number of H-pyrrole nitrogens is 1. The molecule has 3 rings (SSSR count). The minimum atomic E-state index is -0.315. The Bertz CT molecular complexity index is 798. The summed E-state index contributed by atoms with van der Waals surface area (Å²) in [5.74, 6) is 0.0518.